The summed E-state index contributed by atoms with van der Waals surface area (Å²) < 4.78 is 10.6. The van der Waals surface area contributed by atoms with Crippen molar-refractivity contribution in [2.75, 3.05) is 19.0 Å². The zero-order valence-corrected chi connectivity index (χ0v) is 15.9. The van der Waals surface area contributed by atoms with Crippen LogP contribution in [0.25, 0.3) is 0 Å². The molecule has 0 heterocycles. The molecule has 0 spiro atoms. The minimum absolute atomic E-state index is 0.0224. The Balaban J connectivity index is 2.18. The Morgan fingerprint density at radius 3 is 2.57 bits per heavy atom. The third kappa shape index (κ3) is 4.09. The maximum absolute atomic E-state index is 12.0. The molecule has 1 fully saturated rings. The maximum Gasteiger partial charge on any atom is 0.308 e. The highest BCUT2D eigenvalue weighted by atomic mass is 79.9. The van der Waals surface area contributed by atoms with E-state index in [9.17, 15) is 4.79 Å². The first-order valence-corrected chi connectivity index (χ1v) is 9.56. The van der Waals surface area contributed by atoms with Gasteiger partial charge >= 0.3 is 5.97 Å². The van der Waals surface area contributed by atoms with Crippen molar-refractivity contribution in [3.8, 4) is 5.75 Å². The number of carbonyl (C=O) groups excluding carboxylic acids is 1. The van der Waals surface area contributed by atoms with Crippen molar-refractivity contribution < 1.29 is 14.3 Å². The summed E-state index contributed by atoms with van der Waals surface area (Å²) in [5, 5.41) is 0.974. The van der Waals surface area contributed by atoms with Gasteiger partial charge in [0.25, 0.3) is 0 Å². The van der Waals surface area contributed by atoms with E-state index in [1.807, 2.05) is 6.92 Å². The van der Waals surface area contributed by atoms with Crippen LogP contribution in [-0.2, 0) is 14.9 Å². The number of hydrogen-bond donors (Lipinski definition) is 0. The number of hydrogen-bond acceptors (Lipinski definition) is 3. The van der Waals surface area contributed by atoms with Gasteiger partial charge in [-0.15, -0.1) is 0 Å². The molecule has 3 nitrogen and oxygen atoms in total. The zero-order chi connectivity index (χ0) is 16.9. The summed E-state index contributed by atoms with van der Waals surface area (Å²) >= 11 is 3.62. The Morgan fingerprint density at radius 1 is 1.35 bits per heavy atom. The normalized spacial score (nSPS) is 24.3. The molecule has 0 aliphatic heterocycles. The Labute approximate surface area is 147 Å². The van der Waals surface area contributed by atoms with Crippen LogP contribution < -0.4 is 4.74 Å². The number of halogens is 1. The van der Waals surface area contributed by atoms with Crippen LogP contribution in [0.2, 0.25) is 0 Å². The van der Waals surface area contributed by atoms with Crippen LogP contribution >= 0.6 is 15.9 Å². The summed E-state index contributed by atoms with van der Waals surface area (Å²) in [7, 11) is 1.71. The van der Waals surface area contributed by atoms with Crippen LogP contribution in [0.5, 0.6) is 5.75 Å². The van der Waals surface area contributed by atoms with Gasteiger partial charge in [0, 0.05) is 5.33 Å². The first-order valence-electron chi connectivity index (χ1n) is 8.44. The molecular weight excluding hydrogens is 356 g/mol. The molecule has 4 heteroatoms. The Kier molecular flexibility index (Phi) is 6.51. The highest BCUT2D eigenvalue weighted by molar-refractivity contribution is 9.09. The average Bonchev–Trinajstić information content (AvgIpc) is 2.56. The van der Waals surface area contributed by atoms with E-state index in [1.165, 1.54) is 11.1 Å². The van der Waals surface area contributed by atoms with E-state index < -0.39 is 0 Å². The number of esters is 1. The molecule has 1 aromatic carbocycles. The summed E-state index contributed by atoms with van der Waals surface area (Å²) in [5.74, 6) is 0.978. The molecule has 0 aromatic heterocycles. The third-order valence-electron chi connectivity index (χ3n) is 5.14. The van der Waals surface area contributed by atoms with Crippen LogP contribution in [0.1, 0.15) is 50.2 Å². The molecule has 0 atom stereocenters. The molecule has 0 amide bonds. The van der Waals surface area contributed by atoms with Gasteiger partial charge in [-0.1, -0.05) is 28.1 Å². The van der Waals surface area contributed by atoms with Crippen molar-refractivity contribution in [2.24, 2.45) is 5.92 Å². The Bertz CT molecular complexity index is 533. The fraction of sp³-hybridized carbons (Fsp3) is 0.632. The average molecular weight is 383 g/mol. The predicted molar refractivity (Wildman–Crippen MR) is 96.4 cm³/mol. The summed E-state index contributed by atoms with van der Waals surface area (Å²) in [4.78, 5) is 12.0. The summed E-state index contributed by atoms with van der Waals surface area (Å²) in [6.07, 6.45) is 4.99. The molecular formula is C19H27BrO3. The lowest BCUT2D eigenvalue weighted by Crippen LogP contribution is -2.35. The lowest BCUT2D eigenvalue weighted by Gasteiger charge is -2.40. The second kappa shape index (κ2) is 8.18. The molecule has 128 valence electrons. The van der Waals surface area contributed by atoms with E-state index in [-0.39, 0.29) is 17.3 Å². The van der Waals surface area contributed by atoms with E-state index in [0.29, 0.717) is 6.61 Å². The van der Waals surface area contributed by atoms with Crippen molar-refractivity contribution in [1.82, 2.24) is 0 Å². The first-order chi connectivity index (χ1) is 11.1. The van der Waals surface area contributed by atoms with Crippen molar-refractivity contribution in [2.45, 2.75) is 51.4 Å². The van der Waals surface area contributed by atoms with Crippen molar-refractivity contribution in [3.63, 3.8) is 0 Å². The molecule has 1 aliphatic rings. The number of alkyl halides is 1. The van der Waals surface area contributed by atoms with Gasteiger partial charge < -0.3 is 9.47 Å². The fourth-order valence-corrected chi connectivity index (χ4v) is 4.50. The van der Waals surface area contributed by atoms with Crippen LogP contribution in [-0.4, -0.2) is 25.0 Å². The number of aryl methyl sites for hydroxylation is 1. The van der Waals surface area contributed by atoms with Crippen molar-refractivity contribution in [3.05, 3.63) is 29.3 Å². The Morgan fingerprint density at radius 2 is 2.04 bits per heavy atom. The van der Waals surface area contributed by atoms with Crippen LogP contribution in [0.4, 0.5) is 0 Å². The number of methoxy groups -OCH3 is 1. The minimum atomic E-state index is -0.0224. The van der Waals surface area contributed by atoms with Crippen LogP contribution in [0, 0.1) is 12.8 Å². The van der Waals surface area contributed by atoms with Gasteiger partial charge in [0.1, 0.15) is 5.75 Å². The van der Waals surface area contributed by atoms with Crippen LogP contribution in [0.15, 0.2) is 18.2 Å². The molecule has 1 aliphatic carbocycles. The van der Waals surface area contributed by atoms with Gasteiger partial charge in [-0.3, -0.25) is 4.79 Å². The number of ether oxygens (including phenoxy) is 2. The molecule has 1 aromatic rings. The number of rotatable bonds is 6. The molecule has 23 heavy (non-hydrogen) atoms. The van der Waals surface area contributed by atoms with Gasteiger partial charge in [0.2, 0.25) is 0 Å². The van der Waals surface area contributed by atoms with Crippen molar-refractivity contribution in [1.29, 1.82) is 0 Å². The van der Waals surface area contributed by atoms with E-state index in [1.54, 1.807) is 7.11 Å². The molecule has 0 radical (unpaired) electrons. The second-order valence-corrected chi connectivity index (χ2v) is 7.22. The topological polar surface area (TPSA) is 35.5 Å². The zero-order valence-electron chi connectivity index (χ0n) is 14.4. The predicted octanol–water partition coefficient (Wildman–Crippen LogP) is 4.78. The maximum atomic E-state index is 12.0. The molecule has 0 saturated heterocycles. The fourth-order valence-electron chi connectivity index (χ4n) is 3.74. The molecule has 0 N–H and O–H groups in total. The van der Waals surface area contributed by atoms with Crippen LogP contribution in [0.3, 0.4) is 0 Å². The van der Waals surface area contributed by atoms with E-state index >= 15 is 0 Å². The molecule has 1 saturated carbocycles. The van der Waals surface area contributed by atoms with Gasteiger partial charge in [-0.05, 0) is 68.6 Å². The van der Waals surface area contributed by atoms with Gasteiger partial charge in [0.05, 0.1) is 19.6 Å². The van der Waals surface area contributed by atoms with E-state index in [0.717, 1.165) is 43.2 Å². The molecule has 0 bridgehead atoms. The second-order valence-electron chi connectivity index (χ2n) is 6.43. The highest BCUT2D eigenvalue weighted by Crippen LogP contribution is 2.45. The number of benzene rings is 1. The van der Waals surface area contributed by atoms with Gasteiger partial charge in [0.15, 0.2) is 0 Å². The van der Waals surface area contributed by atoms with Crippen molar-refractivity contribution >= 4 is 21.9 Å². The lowest BCUT2D eigenvalue weighted by molar-refractivity contribution is -0.149. The Hall–Kier alpha value is -1.03. The highest BCUT2D eigenvalue weighted by Gasteiger charge is 2.38. The monoisotopic (exact) mass is 382 g/mol. The molecule has 2 rings (SSSR count). The van der Waals surface area contributed by atoms with E-state index in [2.05, 4.69) is 41.1 Å². The standard InChI is InChI=1S/C19H27BrO3/c1-4-23-18(21)15-7-9-19(10-8-15,11-12-20)16-5-6-17(22-3)14(2)13-16/h5-6,13,15H,4,7-12H2,1-3H3. The van der Waals surface area contributed by atoms with E-state index in [4.69, 9.17) is 9.47 Å². The largest absolute Gasteiger partial charge is 0.496 e. The smallest absolute Gasteiger partial charge is 0.308 e. The summed E-state index contributed by atoms with van der Waals surface area (Å²) in [5.41, 5.74) is 2.70. The lowest BCUT2D eigenvalue weighted by atomic mass is 9.65. The molecule has 0 unspecified atom stereocenters. The summed E-state index contributed by atoms with van der Waals surface area (Å²) in [6, 6.07) is 6.52. The first kappa shape index (κ1) is 18.3. The third-order valence-corrected chi connectivity index (χ3v) is 5.54. The number of carbonyl (C=O) groups is 1. The SMILES string of the molecule is CCOC(=O)C1CCC(CCBr)(c2ccc(OC)c(C)c2)CC1. The minimum Gasteiger partial charge on any atom is -0.496 e. The quantitative estimate of drug-likeness (QED) is 0.524. The van der Waals surface area contributed by atoms with Gasteiger partial charge in [-0.2, -0.15) is 0 Å². The summed E-state index contributed by atoms with van der Waals surface area (Å²) in [6.45, 7) is 4.43. The van der Waals surface area contributed by atoms with Gasteiger partial charge in [-0.25, -0.2) is 0 Å².